The fourth-order valence-corrected chi connectivity index (χ4v) is 3.61. The zero-order valence-corrected chi connectivity index (χ0v) is 16.9. The van der Waals surface area contributed by atoms with Crippen LogP contribution in [-0.2, 0) is 9.47 Å². The highest BCUT2D eigenvalue weighted by Gasteiger charge is 2.22. The van der Waals surface area contributed by atoms with E-state index in [4.69, 9.17) is 14.2 Å². The first-order valence-corrected chi connectivity index (χ1v) is 9.79. The van der Waals surface area contributed by atoms with Crippen LogP contribution in [0.1, 0.15) is 11.5 Å². The first-order chi connectivity index (χ1) is 15.0. The zero-order chi connectivity index (χ0) is 22.0. The van der Waals surface area contributed by atoms with E-state index in [1.165, 1.54) is 25.3 Å². The van der Waals surface area contributed by atoms with Gasteiger partial charge in [-0.3, -0.25) is 0 Å². The average Bonchev–Trinajstić information content (AvgIpc) is 2.81. The summed E-state index contributed by atoms with van der Waals surface area (Å²) in [6.07, 6.45) is 1.15. The van der Waals surface area contributed by atoms with Crippen LogP contribution in [0, 0.1) is 17.5 Å². The lowest BCUT2D eigenvalue weighted by atomic mass is 9.95. The Kier molecular flexibility index (Phi) is 6.11. The van der Waals surface area contributed by atoms with Gasteiger partial charge in [-0.05, 0) is 41.0 Å². The molecule has 1 fully saturated rings. The minimum absolute atomic E-state index is 0.0601. The van der Waals surface area contributed by atoms with Crippen LogP contribution in [-0.4, -0.2) is 26.6 Å². The summed E-state index contributed by atoms with van der Waals surface area (Å²) in [5.74, 6) is -2.62. The third-order valence-corrected chi connectivity index (χ3v) is 5.35. The van der Waals surface area contributed by atoms with Crippen molar-refractivity contribution >= 4 is 0 Å². The predicted molar refractivity (Wildman–Crippen MR) is 112 cm³/mol. The summed E-state index contributed by atoms with van der Waals surface area (Å²) >= 11 is 0. The minimum atomic E-state index is -1.04. The highest BCUT2D eigenvalue weighted by Crippen LogP contribution is 2.33. The number of methoxy groups -OCH3 is 1. The molecule has 0 radical (unpaired) electrons. The molecule has 0 bridgehead atoms. The molecule has 1 saturated heterocycles. The molecule has 0 amide bonds. The molecule has 0 N–H and O–H groups in total. The van der Waals surface area contributed by atoms with Crippen molar-refractivity contribution in [1.29, 1.82) is 0 Å². The number of ether oxygens (including phenoxy) is 3. The van der Waals surface area contributed by atoms with E-state index in [1.54, 1.807) is 36.4 Å². The highest BCUT2D eigenvalue weighted by atomic mass is 19.2. The third-order valence-electron chi connectivity index (χ3n) is 5.35. The molecule has 3 aromatic carbocycles. The Hall–Kier alpha value is -3.09. The SMILES string of the molecule is C=CC1OCC(c2ccc(-c3ccc(-c4ccc(OC)c(F)c4F)cc3)c(F)c2)CO1. The second-order valence-corrected chi connectivity index (χ2v) is 7.23. The van der Waals surface area contributed by atoms with Crippen LogP contribution in [0.5, 0.6) is 5.75 Å². The highest BCUT2D eigenvalue weighted by molar-refractivity contribution is 5.71. The molecule has 0 saturated carbocycles. The molecule has 3 aromatic rings. The molecule has 0 aromatic heterocycles. The van der Waals surface area contributed by atoms with Crippen molar-refractivity contribution in [2.75, 3.05) is 20.3 Å². The summed E-state index contributed by atoms with van der Waals surface area (Å²) in [6.45, 7) is 4.48. The lowest BCUT2D eigenvalue weighted by molar-refractivity contribution is -0.159. The van der Waals surface area contributed by atoms with Crippen LogP contribution in [0.4, 0.5) is 13.2 Å². The average molecular weight is 426 g/mol. The van der Waals surface area contributed by atoms with Crippen LogP contribution in [0.2, 0.25) is 0 Å². The van der Waals surface area contributed by atoms with Crippen molar-refractivity contribution in [1.82, 2.24) is 0 Å². The van der Waals surface area contributed by atoms with Crippen molar-refractivity contribution < 1.29 is 27.4 Å². The van der Waals surface area contributed by atoms with Crippen molar-refractivity contribution in [2.24, 2.45) is 0 Å². The van der Waals surface area contributed by atoms with Crippen LogP contribution in [0.25, 0.3) is 22.3 Å². The van der Waals surface area contributed by atoms with E-state index in [0.29, 0.717) is 29.9 Å². The topological polar surface area (TPSA) is 27.7 Å². The van der Waals surface area contributed by atoms with Gasteiger partial charge in [-0.15, -0.1) is 0 Å². The molecule has 0 atom stereocenters. The first kappa shape index (κ1) is 21.2. The number of halogens is 3. The monoisotopic (exact) mass is 426 g/mol. The molecule has 1 aliphatic heterocycles. The van der Waals surface area contributed by atoms with Crippen LogP contribution in [0.15, 0.2) is 67.3 Å². The van der Waals surface area contributed by atoms with E-state index >= 15 is 0 Å². The lowest BCUT2D eigenvalue weighted by Gasteiger charge is -2.28. The largest absolute Gasteiger partial charge is 0.494 e. The van der Waals surface area contributed by atoms with Crippen molar-refractivity contribution in [3.8, 4) is 28.0 Å². The quantitative estimate of drug-likeness (QED) is 0.462. The molecule has 0 spiro atoms. The van der Waals surface area contributed by atoms with Gasteiger partial charge in [-0.25, -0.2) is 8.78 Å². The van der Waals surface area contributed by atoms with Crippen LogP contribution >= 0.6 is 0 Å². The van der Waals surface area contributed by atoms with E-state index in [1.807, 2.05) is 6.07 Å². The Labute approximate surface area is 178 Å². The van der Waals surface area contributed by atoms with Gasteiger partial charge >= 0.3 is 0 Å². The smallest absolute Gasteiger partial charge is 0.201 e. The maximum Gasteiger partial charge on any atom is 0.201 e. The summed E-state index contributed by atoms with van der Waals surface area (Å²) in [5, 5.41) is 0. The van der Waals surface area contributed by atoms with Crippen molar-refractivity contribution in [3.05, 3.63) is 90.3 Å². The molecule has 1 aliphatic rings. The summed E-state index contributed by atoms with van der Waals surface area (Å²) in [7, 11) is 1.28. The third kappa shape index (κ3) is 4.22. The lowest BCUT2D eigenvalue weighted by Crippen LogP contribution is -2.29. The van der Waals surface area contributed by atoms with E-state index in [-0.39, 0.29) is 23.0 Å². The summed E-state index contributed by atoms with van der Waals surface area (Å²) < 4.78 is 59.0. The molecule has 160 valence electrons. The zero-order valence-electron chi connectivity index (χ0n) is 16.9. The first-order valence-electron chi connectivity index (χ1n) is 9.79. The molecule has 3 nitrogen and oxygen atoms in total. The Bertz CT molecular complexity index is 1090. The van der Waals surface area contributed by atoms with Gasteiger partial charge in [0.05, 0.1) is 20.3 Å². The molecular formula is C25H21F3O3. The number of rotatable bonds is 5. The van der Waals surface area contributed by atoms with E-state index in [2.05, 4.69) is 6.58 Å². The summed E-state index contributed by atoms with van der Waals surface area (Å²) in [5.41, 5.74) is 2.42. The molecule has 0 aliphatic carbocycles. The van der Waals surface area contributed by atoms with Gasteiger partial charge < -0.3 is 14.2 Å². The number of hydrogen-bond acceptors (Lipinski definition) is 3. The summed E-state index contributed by atoms with van der Waals surface area (Å²) in [4.78, 5) is 0. The van der Waals surface area contributed by atoms with Gasteiger partial charge in [-0.2, -0.15) is 4.39 Å². The number of benzene rings is 3. The Morgan fingerprint density at radius 3 is 2.06 bits per heavy atom. The Morgan fingerprint density at radius 2 is 1.48 bits per heavy atom. The Morgan fingerprint density at radius 1 is 0.871 bits per heavy atom. The van der Waals surface area contributed by atoms with E-state index < -0.39 is 17.9 Å². The normalized spacial score (nSPS) is 18.6. The van der Waals surface area contributed by atoms with Crippen LogP contribution in [0.3, 0.4) is 0 Å². The van der Waals surface area contributed by atoms with Crippen molar-refractivity contribution in [3.63, 3.8) is 0 Å². The van der Waals surface area contributed by atoms with Gasteiger partial charge in [0.2, 0.25) is 5.82 Å². The fraction of sp³-hybridized carbons (Fsp3) is 0.200. The molecular weight excluding hydrogens is 405 g/mol. The predicted octanol–water partition coefficient (Wildman–Crippen LogP) is 6.09. The standard InChI is InChI=1S/C25H21F3O3/c1-3-23-30-13-18(14-31-23)17-8-9-19(21(26)12-17)15-4-6-16(7-5-15)20-10-11-22(29-2)25(28)24(20)27/h3-12,18,23H,1,13-14H2,2H3. The van der Waals surface area contributed by atoms with Gasteiger partial charge in [0, 0.05) is 17.0 Å². The fourth-order valence-electron chi connectivity index (χ4n) is 3.61. The molecule has 31 heavy (non-hydrogen) atoms. The van der Waals surface area contributed by atoms with Crippen molar-refractivity contribution in [2.45, 2.75) is 12.2 Å². The van der Waals surface area contributed by atoms with Gasteiger partial charge in [-0.1, -0.05) is 43.0 Å². The molecule has 6 heteroatoms. The molecule has 1 heterocycles. The van der Waals surface area contributed by atoms with Gasteiger partial charge in [0.25, 0.3) is 0 Å². The van der Waals surface area contributed by atoms with Gasteiger partial charge in [0.15, 0.2) is 17.9 Å². The maximum absolute atomic E-state index is 14.8. The summed E-state index contributed by atoms with van der Waals surface area (Å²) in [6, 6.07) is 14.5. The molecule has 4 rings (SSSR count). The van der Waals surface area contributed by atoms with E-state index in [0.717, 1.165) is 5.56 Å². The van der Waals surface area contributed by atoms with E-state index in [9.17, 15) is 13.2 Å². The number of hydrogen-bond donors (Lipinski definition) is 0. The van der Waals surface area contributed by atoms with Crippen LogP contribution < -0.4 is 4.74 Å². The van der Waals surface area contributed by atoms with Gasteiger partial charge in [0.1, 0.15) is 5.82 Å². The minimum Gasteiger partial charge on any atom is -0.494 e. The second kappa shape index (κ2) is 8.96. The molecule has 0 unspecified atom stereocenters. The Balaban J connectivity index is 1.56. The second-order valence-electron chi connectivity index (χ2n) is 7.23. The maximum atomic E-state index is 14.8.